The zero-order chi connectivity index (χ0) is 16.9. The van der Waals surface area contributed by atoms with E-state index in [9.17, 15) is 4.79 Å². The van der Waals surface area contributed by atoms with Gasteiger partial charge < -0.3 is 4.74 Å². The molecule has 0 unspecified atom stereocenters. The number of nitrogens with one attached hydrogen (secondary N) is 2. The van der Waals surface area contributed by atoms with Crippen molar-refractivity contribution >= 4 is 35.1 Å². The summed E-state index contributed by atoms with van der Waals surface area (Å²) in [5.41, 5.74) is 4.26. The summed E-state index contributed by atoms with van der Waals surface area (Å²) in [5.74, 6) is 0.360. The highest BCUT2D eigenvalue weighted by Crippen LogP contribution is 2.29. The summed E-state index contributed by atoms with van der Waals surface area (Å²) < 4.78 is 5.75. The molecule has 3 rings (SSSR count). The first-order chi connectivity index (χ1) is 11.7. The van der Waals surface area contributed by atoms with Crippen LogP contribution < -0.4 is 10.2 Å². The van der Waals surface area contributed by atoms with Crippen molar-refractivity contribution in [3.8, 4) is 16.3 Å². The molecule has 0 saturated heterocycles. The Morgan fingerprint density at radius 1 is 1.33 bits per heavy atom. The Morgan fingerprint density at radius 2 is 2.12 bits per heavy atom. The van der Waals surface area contributed by atoms with Gasteiger partial charge in [-0.1, -0.05) is 11.6 Å². The van der Waals surface area contributed by atoms with Crippen molar-refractivity contribution in [2.75, 3.05) is 7.11 Å². The van der Waals surface area contributed by atoms with Gasteiger partial charge >= 0.3 is 0 Å². The molecule has 0 aliphatic heterocycles. The van der Waals surface area contributed by atoms with Gasteiger partial charge in [-0.25, -0.2) is 5.43 Å². The molecule has 2 heterocycles. The first-order valence-corrected chi connectivity index (χ1v) is 8.14. The van der Waals surface area contributed by atoms with Crippen LogP contribution in [0.3, 0.4) is 0 Å². The van der Waals surface area contributed by atoms with Crippen LogP contribution in [0.25, 0.3) is 10.6 Å². The second-order valence-corrected chi connectivity index (χ2v) is 6.46. The minimum Gasteiger partial charge on any atom is -0.497 e. The Hall–Kier alpha value is -2.64. The molecule has 0 spiro atoms. The number of ether oxygens (including phenoxy) is 1. The summed E-state index contributed by atoms with van der Waals surface area (Å²) in [6.07, 6.45) is 1.55. The zero-order valence-electron chi connectivity index (χ0n) is 12.6. The lowest BCUT2D eigenvalue weighted by molar-refractivity contribution is 0.0950. The summed E-state index contributed by atoms with van der Waals surface area (Å²) in [5, 5.41) is 10.7. The third kappa shape index (κ3) is 3.81. The van der Waals surface area contributed by atoms with Crippen molar-refractivity contribution in [1.82, 2.24) is 15.6 Å². The van der Waals surface area contributed by atoms with Crippen molar-refractivity contribution in [2.45, 2.75) is 0 Å². The lowest BCUT2D eigenvalue weighted by atomic mass is 10.2. The fraction of sp³-hybridized carbons (Fsp3) is 0.0625. The molecule has 0 saturated carbocycles. The number of nitrogens with zero attached hydrogens (tertiary/aromatic N) is 2. The Balaban J connectivity index is 1.62. The number of H-pyrrole nitrogens is 1. The van der Waals surface area contributed by atoms with Crippen molar-refractivity contribution < 1.29 is 9.53 Å². The average molecular weight is 361 g/mol. The van der Waals surface area contributed by atoms with Crippen LogP contribution in [0.1, 0.15) is 16.1 Å². The van der Waals surface area contributed by atoms with Gasteiger partial charge in [0.05, 0.1) is 28.2 Å². The van der Waals surface area contributed by atoms with Crippen LogP contribution in [0, 0.1) is 0 Å². The molecule has 0 radical (unpaired) electrons. The molecule has 0 fully saturated rings. The third-order valence-corrected chi connectivity index (χ3v) is 4.41. The fourth-order valence-electron chi connectivity index (χ4n) is 1.94. The maximum absolute atomic E-state index is 12.0. The first-order valence-electron chi connectivity index (χ1n) is 6.94. The van der Waals surface area contributed by atoms with E-state index in [1.165, 1.54) is 11.3 Å². The van der Waals surface area contributed by atoms with Crippen LogP contribution in [0.2, 0.25) is 4.34 Å². The molecule has 24 heavy (non-hydrogen) atoms. The Kier molecular flexibility index (Phi) is 4.93. The van der Waals surface area contributed by atoms with Gasteiger partial charge in [0.2, 0.25) is 0 Å². The number of halogens is 1. The van der Waals surface area contributed by atoms with E-state index >= 15 is 0 Å². The van der Waals surface area contributed by atoms with Crippen molar-refractivity contribution in [2.24, 2.45) is 5.10 Å². The normalized spacial score (nSPS) is 10.9. The SMILES string of the molecule is COc1ccc(/C=N\NC(=O)c2cc(-c3ccc(Cl)s3)[nH]n2)cc1. The molecule has 3 aromatic rings. The number of hydrogen-bond acceptors (Lipinski definition) is 5. The van der Waals surface area contributed by atoms with Crippen LogP contribution >= 0.6 is 22.9 Å². The highest BCUT2D eigenvalue weighted by Gasteiger charge is 2.11. The van der Waals surface area contributed by atoms with Gasteiger partial charge in [-0.2, -0.15) is 10.2 Å². The number of hydrazone groups is 1. The highest BCUT2D eigenvalue weighted by molar-refractivity contribution is 7.19. The molecule has 2 N–H and O–H groups in total. The zero-order valence-corrected chi connectivity index (χ0v) is 14.2. The van der Waals surface area contributed by atoms with Gasteiger partial charge in [0, 0.05) is 0 Å². The van der Waals surface area contributed by atoms with Gasteiger partial charge in [-0.15, -0.1) is 11.3 Å². The van der Waals surface area contributed by atoms with E-state index in [0.29, 0.717) is 4.34 Å². The minimum atomic E-state index is -0.398. The number of benzene rings is 1. The summed E-state index contributed by atoms with van der Waals surface area (Å²) in [6, 6.07) is 12.6. The molecule has 0 aliphatic rings. The topological polar surface area (TPSA) is 79.4 Å². The molecule has 1 amide bonds. The standard InChI is InChI=1S/C16H13ClN4O2S/c1-23-11-4-2-10(3-5-11)9-18-21-16(22)13-8-12(19-20-13)14-6-7-15(17)24-14/h2-9H,1H3,(H,19,20)(H,21,22)/b18-9-. The van der Waals surface area contributed by atoms with E-state index < -0.39 is 5.91 Å². The van der Waals surface area contributed by atoms with Crippen LogP contribution in [0.4, 0.5) is 0 Å². The number of amides is 1. The van der Waals surface area contributed by atoms with Gasteiger partial charge in [0.25, 0.3) is 5.91 Å². The second kappa shape index (κ2) is 7.29. The van der Waals surface area contributed by atoms with Gasteiger partial charge in [0.15, 0.2) is 5.69 Å². The molecule has 8 heteroatoms. The number of methoxy groups -OCH3 is 1. The smallest absolute Gasteiger partial charge is 0.291 e. The van der Waals surface area contributed by atoms with E-state index in [1.54, 1.807) is 25.5 Å². The minimum absolute atomic E-state index is 0.251. The number of thiophene rings is 1. The highest BCUT2D eigenvalue weighted by atomic mass is 35.5. The summed E-state index contributed by atoms with van der Waals surface area (Å²) in [6.45, 7) is 0. The van der Waals surface area contributed by atoms with Crippen molar-refractivity contribution in [1.29, 1.82) is 0 Å². The Morgan fingerprint density at radius 3 is 2.79 bits per heavy atom. The Bertz CT molecular complexity index is 870. The molecule has 0 atom stereocenters. The Labute approximate surface area is 147 Å². The van der Waals surface area contributed by atoms with Gasteiger partial charge in [-0.3, -0.25) is 9.89 Å². The van der Waals surface area contributed by atoms with Gasteiger partial charge in [-0.05, 0) is 48.0 Å². The lowest BCUT2D eigenvalue weighted by Crippen LogP contribution is -2.17. The molecule has 122 valence electrons. The molecular weight excluding hydrogens is 348 g/mol. The molecule has 2 aromatic heterocycles. The number of carbonyl (C=O) groups excluding carboxylic acids is 1. The lowest BCUT2D eigenvalue weighted by Gasteiger charge is -1.99. The van der Waals surface area contributed by atoms with Gasteiger partial charge in [0.1, 0.15) is 5.75 Å². The molecule has 0 aliphatic carbocycles. The van der Waals surface area contributed by atoms with E-state index in [4.69, 9.17) is 16.3 Å². The molecule has 0 bridgehead atoms. The van der Waals surface area contributed by atoms with Crippen LogP contribution in [0.5, 0.6) is 5.75 Å². The van der Waals surface area contributed by atoms with Crippen LogP contribution in [-0.4, -0.2) is 29.4 Å². The maximum atomic E-state index is 12.0. The predicted molar refractivity (Wildman–Crippen MR) is 95.0 cm³/mol. The second-order valence-electron chi connectivity index (χ2n) is 4.74. The summed E-state index contributed by atoms with van der Waals surface area (Å²) >= 11 is 7.31. The molecule has 6 nitrogen and oxygen atoms in total. The van der Waals surface area contributed by atoms with E-state index in [2.05, 4.69) is 20.7 Å². The van der Waals surface area contributed by atoms with E-state index in [1.807, 2.05) is 30.3 Å². The summed E-state index contributed by atoms with van der Waals surface area (Å²) in [4.78, 5) is 12.9. The van der Waals surface area contributed by atoms with Crippen molar-refractivity contribution in [3.05, 3.63) is 58.1 Å². The maximum Gasteiger partial charge on any atom is 0.291 e. The third-order valence-electron chi connectivity index (χ3n) is 3.14. The van der Waals surface area contributed by atoms with Crippen LogP contribution in [-0.2, 0) is 0 Å². The number of aromatic amines is 1. The summed E-state index contributed by atoms with van der Waals surface area (Å²) in [7, 11) is 1.60. The van der Waals surface area contributed by atoms with E-state index in [0.717, 1.165) is 21.9 Å². The average Bonchev–Trinajstić information content (AvgIpc) is 3.24. The van der Waals surface area contributed by atoms with Crippen LogP contribution in [0.15, 0.2) is 47.6 Å². The predicted octanol–water partition coefficient (Wildman–Crippen LogP) is 3.56. The molecule has 1 aromatic carbocycles. The molecular formula is C16H13ClN4O2S. The largest absolute Gasteiger partial charge is 0.497 e. The fourth-order valence-corrected chi connectivity index (χ4v) is 2.95. The quantitative estimate of drug-likeness (QED) is 0.539. The first kappa shape index (κ1) is 16.2. The number of aromatic nitrogens is 2. The van der Waals surface area contributed by atoms with E-state index in [-0.39, 0.29) is 5.69 Å². The van der Waals surface area contributed by atoms with Crippen molar-refractivity contribution in [3.63, 3.8) is 0 Å². The monoisotopic (exact) mass is 360 g/mol. The number of hydrogen-bond donors (Lipinski definition) is 2. The number of carbonyl (C=O) groups is 1. The number of rotatable bonds is 5.